The molecule has 0 fully saturated rings. The maximum absolute atomic E-state index is 14.8. The van der Waals surface area contributed by atoms with E-state index in [-0.39, 0.29) is 17.5 Å². The zero-order chi connectivity index (χ0) is 20.8. The average Bonchev–Trinajstić information content (AvgIpc) is 3.13. The van der Waals surface area contributed by atoms with Gasteiger partial charge >= 0.3 is 0 Å². The molecule has 2 aliphatic rings. The number of anilines is 1. The highest BCUT2D eigenvalue weighted by Crippen LogP contribution is 2.49. The predicted octanol–water partition coefficient (Wildman–Crippen LogP) is 5.09. The Morgan fingerprint density at radius 1 is 1.13 bits per heavy atom. The van der Waals surface area contributed by atoms with E-state index in [9.17, 15) is 9.18 Å². The van der Waals surface area contributed by atoms with Gasteiger partial charge in [-0.1, -0.05) is 35.5 Å². The van der Waals surface area contributed by atoms with Crippen molar-refractivity contribution in [1.82, 2.24) is 5.16 Å². The third kappa shape index (κ3) is 2.91. The molecule has 0 spiro atoms. The van der Waals surface area contributed by atoms with E-state index in [1.54, 1.807) is 25.3 Å². The van der Waals surface area contributed by atoms with E-state index < -0.39 is 5.92 Å². The molecule has 0 saturated carbocycles. The molecule has 1 aliphatic heterocycles. The molecule has 5 nitrogen and oxygen atoms in total. The molecule has 6 heteroatoms. The second-order valence-corrected chi connectivity index (χ2v) is 7.78. The molecule has 2 atom stereocenters. The van der Waals surface area contributed by atoms with Gasteiger partial charge in [-0.25, -0.2) is 4.39 Å². The minimum atomic E-state index is -0.520. The van der Waals surface area contributed by atoms with Gasteiger partial charge in [-0.3, -0.25) is 4.79 Å². The van der Waals surface area contributed by atoms with Gasteiger partial charge in [0.2, 0.25) is 5.88 Å². The number of nitrogens with zero attached hydrogens (tertiary/aromatic N) is 1. The number of nitrogens with one attached hydrogen (secondary N) is 1. The summed E-state index contributed by atoms with van der Waals surface area (Å²) in [5, 5.41) is 7.35. The van der Waals surface area contributed by atoms with E-state index in [4.69, 9.17) is 9.26 Å². The normalized spacial score (nSPS) is 20.4. The number of hydrogen-bond donors (Lipinski definition) is 1. The number of benzene rings is 2. The lowest BCUT2D eigenvalue weighted by molar-refractivity contribution is -0.116. The summed E-state index contributed by atoms with van der Waals surface area (Å²) in [6, 6.07) is 14.4. The molecule has 0 radical (unpaired) electrons. The monoisotopic (exact) mass is 404 g/mol. The fourth-order valence-electron chi connectivity index (χ4n) is 4.60. The molecule has 0 bridgehead atoms. The Kier molecular flexibility index (Phi) is 4.42. The van der Waals surface area contributed by atoms with Gasteiger partial charge in [-0.2, -0.15) is 0 Å². The molecule has 1 N–H and O–H groups in total. The number of carbonyl (C=O) groups excluding carboxylic acids is 1. The predicted molar refractivity (Wildman–Crippen MR) is 110 cm³/mol. The summed E-state index contributed by atoms with van der Waals surface area (Å²) < 4.78 is 25.5. The second kappa shape index (κ2) is 7.13. The van der Waals surface area contributed by atoms with Crippen molar-refractivity contribution in [2.45, 2.75) is 31.6 Å². The van der Waals surface area contributed by atoms with Gasteiger partial charge in [0, 0.05) is 29.2 Å². The van der Waals surface area contributed by atoms with Gasteiger partial charge in [0.15, 0.2) is 5.78 Å². The second-order valence-electron chi connectivity index (χ2n) is 7.78. The van der Waals surface area contributed by atoms with Gasteiger partial charge in [0.25, 0.3) is 0 Å². The zero-order valence-electron chi connectivity index (χ0n) is 16.7. The van der Waals surface area contributed by atoms with E-state index in [2.05, 4.69) is 10.5 Å². The summed E-state index contributed by atoms with van der Waals surface area (Å²) in [5.41, 5.74) is 4.32. The molecule has 2 heterocycles. The lowest BCUT2D eigenvalue weighted by Crippen LogP contribution is -2.30. The van der Waals surface area contributed by atoms with Gasteiger partial charge < -0.3 is 14.6 Å². The van der Waals surface area contributed by atoms with E-state index >= 15 is 0 Å². The van der Waals surface area contributed by atoms with Crippen LogP contribution in [0, 0.1) is 12.7 Å². The Labute approximate surface area is 173 Å². The first-order valence-corrected chi connectivity index (χ1v) is 9.94. The van der Waals surface area contributed by atoms with Crippen molar-refractivity contribution in [2.75, 3.05) is 12.4 Å². The number of ether oxygens (including phenoxy) is 1. The van der Waals surface area contributed by atoms with Crippen LogP contribution in [0.15, 0.2) is 64.3 Å². The van der Waals surface area contributed by atoms with Crippen molar-refractivity contribution in [2.24, 2.45) is 0 Å². The number of fused-ring (bicyclic) bond motifs is 1. The standard InChI is InChI=1S/C24H21FN2O3/c1-13-21-22(17-5-3-4-6-18(17)25)23-19(26-24(21)30-27-13)11-15(12-20(23)28)14-7-9-16(29-2)10-8-14/h3-10,15,22,26H,11-12H2,1-2H3/t15-,22+/m0/s1. The van der Waals surface area contributed by atoms with E-state index in [1.165, 1.54) is 6.07 Å². The summed E-state index contributed by atoms with van der Waals surface area (Å²) >= 11 is 0. The maximum atomic E-state index is 14.8. The van der Waals surface area contributed by atoms with Crippen LogP contribution in [0.5, 0.6) is 5.75 Å². The third-order valence-corrected chi connectivity index (χ3v) is 6.06. The summed E-state index contributed by atoms with van der Waals surface area (Å²) in [6.45, 7) is 1.82. The van der Waals surface area contributed by atoms with Gasteiger partial charge in [-0.05, 0) is 43.0 Å². The van der Waals surface area contributed by atoms with Crippen molar-refractivity contribution in [3.8, 4) is 5.75 Å². The molecular formula is C24H21FN2O3. The smallest absolute Gasteiger partial charge is 0.233 e. The zero-order valence-corrected chi connectivity index (χ0v) is 16.7. The fourth-order valence-corrected chi connectivity index (χ4v) is 4.60. The van der Waals surface area contributed by atoms with E-state index in [0.29, 0.717) is 35.6 Å². The molecule has 0 unspecified atom stereocenters. The molecule has 5 rings (SSSR count). The molecular weight excluding hydrogens is 383 g/mol. The molecule has 1 aromatic heterocycles. The first-order valence-electron chi connectivity index (χ1n) is 9.94. The van der Waals surface area contributed by atoms with Crippen LogP contribution in [0.3, 0.4) is 0 Å². The molecule has 1 aliphatic carbocycles. The minimum absolute atomic E-state index is 0.0177. The highest BCUT2D eigenvalue weighted by molar-refractivity contribution is 6.01. The van der Waals surface area contributed by atoms with E-state index in [1.807, 2.05) is 31.2 Å². The van der Waals surface area contributed by atoms with Crippen molar-refractivity contribution in [3.05, 3.63) is 88.0 Å². The first-order chi connectivity index (χ1) is 14.6. The van der Waals surface area contributed by atoms with E-state index in [0.717, 1.165) is 22.6 Å². The van der Waals surface area contributed by atoms with Crippen LogP contribution in [-0.2, 0) is 4.79 Å². The number of halogens is 1. The van der Waals surface area contributed by atoms with Crippen molar-refractivity contribution in [3.63, 3.8) is 0 Å². The number of rotatable bonds is 3. The summed E-state index contributed by atoms with van der Waals surface area (Å²) in [4.78, 5) is 13.4. The molecule has 0 amide bonds. The highest BCUT2D eigenvalue weighted by Gasteiger charge is 2.41. The van der Waals surface area contributed by atoms with Gasteiger partial charge in [0.05, 0.1) is 18.4 Å². The van der Waals surface area contributed by atoms with Crippen LogP contribution in [-0.4, -0.2) is 18.0 Å². The van der Waals surface area contributed by atoms with Crippen molar-refractivity contribution < 1.29 is 18.4 Å². The Morgan fingerprint density at radius 2 is 1.90 bits per heavy atom. The number of carbonyl (C=O) groups is 1. The number of methoxy groups -OCH3 is 1. The number of aromatic nitrogens is 1. The Hall–Kier alpha value is -3.41. The van der Waals surface area contributed by atoms with Crippen LogP contribution >= 0.6 is 0 Å². The van der Waals surface area contributed by atoms with Crippen LogP contribution in [0.25, 0.3) is 0 Å². The molecule has 152 valence electrons. The Bertz CT molecular complexity index is 1160. The number of hydrogen-bond acceptors (Lipinski definition) is 5. The number of aryl methyl sites for hydroxylation is 1. The van der Waals surface area contributed by atoms with Gasteiger partial charge in [0.1, 0.15) is 11.6 Å². The summed E-state index contributed by atoms with van der Waals surface area (Å²) in [5.74, 6) is 0.451. The Morgan fingerprint density at radius 3 is 2.63 bits per heavy atom. The van der Waals surface area contributed by atoms with Crippen LogP contribution in [0.4, 0.5) is 10.3 Å². The largest absolute Gasteiger partial charge is 0.497 e. The summed E-state index contributed by atoms with van der Waals surface area (Å²) in [7, 11) is 1.63. The molecule has 0 saturated heterocycles. The lowest BCUT2D eigenvalue weighted by Gasteiger charge is -2.34. The summed E-state index contributed by atoms with van der Waals surface area (Å²) in [6.07, 6.45) is 1.01. The molecule has 3 aromatic rings. The molecule has 30 heavy (non-hydrogen) atoms. The van der Waals surface area contributed by atoms with Crippen LogP contribution < -0.4 is 10.1 Å². The van der Waals surface area contributed by atoms with Gasteiger partial charge in [-0.15, -0.1) is 0 Å². The SMILES string of the molecule is COc1ccc([C@@H]2CC(=O)C3=C(C2)Nc2onc(C)c2[C@H]3c2ccccc2F)cc1. The third-order valence-electron chi connectivity index (χ3n) is 6.06. The quantitative estimate of drug-likeness (QED) is 0.659. The molecule has 2 aromatic carbocycles. The number of allylic oxidation sites excluding steroid dienone is 2. The fraction of sp³-hybridized carbons (Fsp3) is 0.250. The van der Waals surface area contributed by atoms with Crippen LogP contribution in [0.1, 0.15) is 47.1 Å². The first kappa shape index (κ1) is 18.6. The van der Waals surface area contributed by atoms with Crippen molar-refractivity contribution >= 4 is 11.7 Å². The van der Waals surface area contributed by atoms with Crippen LogP contribution in [0.2, 0.25) is 0 Å². The number of ketones is 1. The minimum Gasteiger partial charge on any atom is -0.497 e. The maximum Gasteiger partial charge on any atom is 0.233 e. The average molecular weight is 404 g/mol. The lowest BCUT2D eigenvalue weighted by atomic mass is 9.72. The highest BCUT2D eigenvalue weighted by atomic mass is 19.1. The number of Topliss-reactive ketones (excluding diaryl/α,β-unsaturated/α-hetero) is 1. The van der Waals surface area contributed by atoms with Crippen molar-refractivity contribution in [1.29, 1.82) is 0 Å². The topological polar surface area (TPSA) is 64.4 Å². The Balaban J connectivity index is 1.60.